The van der Waals surface area contributed by atoms with Crippen molar-refractivity contribution in [1.29, 1.82) is 0 Å². The SMILES string of the molecule is COc1ccc(S(=O)(=O)c2ccc(CCNC(=O)C(F)(F)F)cc2)cc1OC(C)=O. The second kappa shape index (κ2) is 9.16. The highest BCUT2D eigenvalue weighted by Gasteiger charge is 2.38. The van der Waals surface area contributed by atoms with Gasteiger partial charge in [0, 0.05) is 19.5 Å². The number of amides is 1. The highest BCUT2D eigenvalue weighted by molar-refractivity contribution is 7.91. The topological polar surface area (TPSA) is 98.8 Å². The standard InChI is InChI=1S/C19H18F3NO6S/c1-12(24)29-17-11-15(7-8-16(17)28-2)30(26,27)14-5-3-13(4-6-14)9-10-23-18(25)19(20,21)22/h3-8,11H,9-10H2,1-2H3,(H,23,25). The minimum atomic E-state index is -4.96. The third-order valence-electron chi connectivity index (χ3n) is 3.89. The van der Waals surface area contributed by atoms with Crippen molar-refractivity contribution in [2.45, 2.75) is 29.3 Å². The number of methoxy groups -OCH3 is 1. The Morgan fingerprint density at radius 3 is 2.13 bits per heavy atom. The van der Waals surface area contributed by atoms with Gasteiger partial charge in [0.15, 0.2) is 11.5 Å². The molecule has 1 amide bonds. The van der Waals surface area contributed by atoms with Crippen LogP contribution in [0.4, 0.5) is 13.2 Å². The van der Waals surface area contributed by atoms with Gasteiger partial charge < -0.3 is 14.8 Å². The Balaban J connectivity index is 2.17. The molecule has 0 heterocycles. The van der Waals surface area contributed by atoms with Crippen molar-refractivity contribution in [3.63, 3.8) is 0 Å². The minimum Gasteiger partial charge on any atom is -0.493 e. The first-order valence-electron chi connectivity index (χ1n) is 8.50. The first-order valence-corrected chi connectivity index (χ1v) is 9.99. The van der Waals surface area contributed by atoms with Crippen molar-refractivity contribution in [1.82, 2.24) is 5.32 Å². The molecule has 0 bridgehead atoms. The molecule has 2 rings (SSSR count). The number of hydrogen-bond acceptors (Lipinski definition) is 6. The number of hydrogen-bond donors (Lipinski definition) is 1. The van der Waals surface area contributed by atoms with E-state index in [2.05, 4.69) is 0 Å². The number of alkyl halides is 3. The lowest BCUT2D eigenvalue weighted by molar-refractivity contribution is -0.173. The van der Waals surface area contributed by atoms with E-state index in [0.29, 0.717) is 5.56 Å². The van der Waals surface area contributed by atoms with Gasteiger partial charge >= 0.3 is 18.1 Å². The third kappa shape index (κ3) is 5.72. The number of halogens is 3. The fourth-order valence-electron chi connectivity index (χ4n) is 2.45. The van der Waals surface area contributed by atoms with Crippen LogP contribution in [0.1, 0.15) is 12.5 Å². The lowest BCUT2D eigenvalue weighted by Crippen LogP contribution is -2.37. The van der Waals surface area contributed by atoms with Crippen LogP contribution < -0.4 is 14.8 Å². The van der Waals surface area contributed by atoms with Crippen LogP contribution in [-0.2, 0) is 25.8 Å². The van der Waals surface area contributed by atoms with E-state index in [1.165, 1.54) is 43.5 Å². The van der Waals surface area contributed by atoms with E-state index >= 15 is 0 Å². The highest BCUT2D eigenvalue weighted by Crippen LogP contribution is 2.32. The average Bonchev–Trinajstić information content (AvgIpc) is 2.67. The molecule has 0 aliphatic rings. The van der Waals surface area contributed by atoms with Crippen molar-refractivity contribution >= 4 is 21.7 Å². The normalized spacial score (nSPS) is 11.6. The van der Waals surface area contributed by atoms with Crippen LogP contribution in [0.5, 0.6) is 11.5 Å². The van der Waals surface area contributed by atoms with E-state index < -0.39 is 27.9 Å². The summed E-state index contributed by atoms with van der Waals surface area (Å²) in [6, 6.07) is 9.27. The van der Waals surface area contributed by atoms with Gasteiger partial charge in [-0.05, 0) is 36.2 Å². The second-order valence-electron chi connectivity index (χ2n) is 6.06. The molecule has 11 heteroatoms. The Kier molecular flexibility index (Phi) is 7.08. The maximum atomic E-state index is 12.8. The van der Waals surface area contributed by atoms with Crippen LogP contribution in [-0.4, -0.2) is 40.1 Å². The van der Waals surface area contributed by atoms with Gasteiger partial charge in [0.2, 0.25) is 9.84 Å². The summed E-state index contributed by atoms with van der Waals surface area (Å²) in [7, 11) is -2.62. The number of ether oxygens (including phenoxy) is 2. The van der Waals surface area contributed by atoms with E-state index in [1.54, 1.807) is 5.32 Å². The number of nitrogens with one attached hydrogen (secondary N) is 1. The number of esters is 1. The minimum absolute atomic E-state index is 0.0527. The summed E-state index contributed by atoms with van der Waals surface area (Å²) in [6.07, 6.45) is -4.87. The summed E-state index contributed by atoms with van der Waals surface area (Å²) < 4.78 is 72.1. The lowest BCUT2D eigenvalue weighted by atomic mass is 10.1. The summed E-state index contributed by atoms with van der Waals surface area (Å²) in [4.78, 5) is 21.8. The summed E-state index contributed by atoms with van der Waals surface area (Å²) in [5.41, 5.74) is 0.534. The largest absolute Gasteiger partial charge is 0.493 e. The first kappa shape index (κ1) is 23.2. The summed E-state index contributed by atoms with van der Waals surface area (Å²) in [6.45, 7) is 0.908. The molecule has 0 atom stereocenters. The van der Waals surface area contributed by atoms with Gasteiger partial charge in [-0.15, -0.1) is 0 Å². The number of sulfone groups is 1. The van der Waals surface area contributed by atoms with Gasteiger partial charge in [0.25, 0.3) is 0 Å². The number of carbonyl (C=O) groups excluding carboxylic acids is 2. The Bertz CT molecular complexity index is 1030. The molecule has 0 saturated carbocycles. The fourth-order valence-corrected chi connectivity index (χ4v) is 3.73. The molecule has 0 radical (unpaired) electrons. The number of carbonyl (C=O) groups is 2. The molecule has 0 unspecified atom stereocenters. The van der Waals surface area contributed by atoms with Crippen molar-refractivity contribution in [3.8, 4) is 11.5 Å². The summed E-state index contributed by atoms with van der Waals surface area (Å²) in [5.74, 6) is -2.56. The number of rotatable bonds is 7. The van der Waals surface area contributed by atoms with Crippen molar-refractivity contribution in [2.24, 2.45) is 0 Å². The number of benzene rings is 2. The van der Waals surface area contributed by atoms with E-state index in [4.69, 9.17) is 9.47 Å². The zero-order valence-corrected chi connectivity index (χ0v) is 16.8. The van der Waals surface area contributed by atoms with Gasteiger partial charge in [-0.2, -0.15) is 13.2 Å². The van der Waals surface area contributed by atoms with E-state index in [0.717, 1.165) is 13.0 Å². The molecule has 162 valence electrons. The quantitative estimate of drug-likeness (QED) is 0.520. The Morgan fingerprint density at radius 1 is 1.00 bits per heavy atom. The Morgan fingerprint density at radius 2 is 1.60 bits per heavy atom. The molecule has 0 aromatic heterocycles. The zero-order chi connectivity index (χ0) is 22.5. The van der Waals surface area contributed by atoms with Gasteiger partial charge in [-0.3, -0.25) is 9.59 Å². The maximum absolute atomic E-state index is 12.8. The second-order valence-corrected chi connectivity index (χ2v) is 8.01. The molecule has 0 aliphatic heterocycles. The van der Waals surface area contributed by atoms with Crippen LogP contribution >= 0.6 is 0 Å². The van der Waals surface area contributed by atoms with Crippen LogP contribution in [0, 0.1) is 0 Å². The van der Waals surface area contributed by atoms with E-state index in [9.17, 15) is 31.2 Å². The molecule has 0 saturated heterocycles. The summed E-state index contributed by atoms with van der Waals surface area (Å²) in [5, 5.41) is 1.74. The molecular formula is C19H18F3NO6S. The van der Waals surface area contributed by atoms with Gasteiger partial charge in [0.1, 0.15) is 0 Å². The molecule has 0 spiro atoms. The summed E-state index contributed by atoms with van der Waals surface area (Å²) >= 11 is 0. The molecule has 0 fully saturated rings. The molecule has 0 aliphatic carbocycles. The van der Waals surface area contributed by atoms with Crippen LogP contribution in [0.25, 0.3) is 0 Å². The molecule has 30 heavy (non-hydrogen) atoms. The van der Waals surface area contributed by atoms with Crippen LogP contribution in [0.2, 0.25) is 0 Å². The van der Waals surface area contributed by atoms with Gasteiger partial charge in [0.05, 0.1) is 16.9 Å². The average molecular weight is 445 g/mol. The Labute approximate surface area is 170 Å². The predicted molar refractivity (Wildman–Crippen MR) is 99.0 cm³/mol. The van der Waals surface area contributed by atoms with Crippen molar-refractivity contribution in [2.75, 3.05) is 13.7 Å². The third-order valence-corrected chi connectivity index (χ3v) is 5.66. The predicted octanol–water partition coefficient (Wildman–Crippen LogP) is 2.67. The van der Waals surface area contributed by atoms with Crippen LogP contribution in [0.3, 0.4) is 0 Å². The zero-order valence-electron chi connectivity index (χ0n) is 15.9. The smallest absolute Gasteiger partial charge is 0.471 e. The molecule has 1 N–H and O–H groups in total. The van der Waals surface area contributed by atoms with E-state index in [-0.39, 0.29) is 34.3 Å². The van der Waals surface area contributed by atoms with Gasteiger partial charge in [-0.25, -0.2) is 8.42 Å². The molecule has 2 aromatic carbocycles. The van der Waals surface area contributed by atoms with Crippen molar-refractivity contribution < 1.29 is 40.7 Å². The first-order chi connectivity index (χ1) is 13.9. The van der Waals surface area contributed by atoms with Gasteiger partial charge in [-0.1, -0.05) is 12.1 Å². The monoisotopic (exact) mass is 445 g/mol. The maximum Gasteiger partial charge on any atom is 0.471 e. The van der Waals surface area contributed by atoms with Crippen LogP contribution in [0.15, 0.2) is 52.3 Å². The fraction of sp³-hybridized carbons (Fsp3) is 0.263. The molecular weight excluding hydrogens is 427 g/mol. The molecule has 2 aromatic rings. The highest BCUT2D eigenvalue weighted by atomic mass is 32.2. The lowest BCUT2D eigenvalue weighted by Gasteiger charge is -2.11. The molecule has 7 nitrogen and oxygen atoms in total. The van der Waals surface area contributed by atoms with E-state index in [1.807, 2.05) is 0 Å². The Hall–Kier alpha value is -3.08. The van der Waals surface area contributed by atoms with Crippen molar-refractivity contribution in [3.05, 3.63) is 48.0 Å².